The van der Waals surface area contributed by atoms with Gasteiger partial charge in [0, 0.05) is 6.61 Å². The Kier molecular flexibility index (Phi) is 3.12. The minimum atomic E-state index is 0.0246. The van der Waals surface area contributed by atoms with Crippen molar-refractivity contribution < 1.29 is 14.9 Å². The van der Waals surface area contributed by atoms with Crippen LogP contribution in [0.2, 0.25) is 0 Å². The van der Waals surface area contributed by atoms with Crippen molar-refractivity contribution in [3.8, 4) is 0 Å². The topological polar surface area (TPSA) is 49.7 Å². The van der Waals surface area contributed by atoms with E-state index in [-0.39, 0.29) is 25.4 Å². The summed E-state index contributed by atoms with van der Waals surface area (Å²) < 4.78 is 5.34. The van der Waals surface area contributed by atoms with Gasteiger partial charge in [-0.2, -0.15) is 0 Å². The summed E-state index contributed by atoms with van der Waals surface area (Å²) >= 11 is 0. The molecule has 1 aliphatic heterocycles. The van der Waals surface area contributed by atoms with Gasteiger partial charge in [0.25, 0.3) is 0 Å². The molecule has 2 N–H and O–H groups in total. The number of hydrogen-bond donors (Lipinski definition) is 2. The minimum Gasteiger partial charge on any atom is -0.396 e. The zero-order valence-corrected chi connectivity index (χ0v) is 5.99. The molecule has 0 aliphatic carbocycles. The molecule has 0 bridgehead atoms. The van der Waals surface area contributed by atoms with Crippen molar-refractivity contribution in [1.82, 2.24) is 0 Å². The SMILES string of the molecule is OCC[C@@H]1CC[C@@H](CO)O1. The zero-order valence-electron chi connectivity index (χ0n) is 5.99. The molecular formula is C7H14O3. The largest absolute Gasteiger partial charge is 0.396 e. The van der Waals surface area contributed by atoms with E-state index < -0.39 is 0 Å². The summed E-state index contributed by atoms with van der Waals surface area (Å²) in [5.41, 5.74) is 0. The van der Waals surface area contributed by atoms with Gasteiger partial charge in [-0.15, -0.1) is 0 Å². The Hall–Kier alpha value is -0.120. The molecule has 0 aromatic rings. The maximum absolute atomic E-state index is 8.66. The summed E-state index contributed by atoms with van der Waals surface area (Å²) in [6.45, 7) is 0.296. The highest BCUT2D eigenvalue weighted by Gasteiger charge is 2.23. The number of hydrogen-bond acceptors (Lipinski definition) is 3. The fraction of sp³-hybridized carbons (Fsp3) is 1.00. The second-order valence-electron chi connectivity index (χ2n) is 2.65. The first-order chi connectivity index (χ1) is 4.86. The van der Waals surface area contributed by atoms with Crippen LogP contribution in [0.5, 0.6) is 0 Å². The third-order valence-corrected chi connectivity index (χ3v) is 1.85. The smallest absolute Gasteiger partial charge is 0.0810 e. The Bertz CT molecular complexity index is 94.9. The summed E-state index contributed by atoms with van der Waals surface area (Å²) in [5, 5.41) is 17.2. The Morgan fingerprint density at radius 1 is 1.20 bits per heavy atom. The van der Waals surface area contributed by atoms with E-state index in [1.54, 1.807) is 0 Å². The van der Waals surface area contributed by atoms with Crippen LogP contribution >= 0.6 is 0 Å². The van der Waals surface area contributed by atoms with Gasteiger partial charge in [-0.3, -0.25) is 0 Å². The van der Waals surface area contributed by atoms with E-state index in [4.69, 9.17) is 14.9 Å². The van der Waals surface area contributed by atoms with Gasteiger partial charge >= 0.3 is 0 Å². The van der Waals surface area contributed by atoms with Crippen LogP contribution in [0.1, 0.15) is 19.3 Å². The van der Waals surface area contributed by atoms with Crippen LogP contribution in [0, 0.1) is 0 Å². The number of rotatable bonds is 3. The maximum atomic E-state index is 8.66. The maximum Gasteiger partial charge on any atom is 0.0810 e. The zero-order chi connectivity index (χ0) is 7.40. The van der Waals surface area contributed by atoms with Gasteiger partial charge < -0.3 is 14.9 Å². The summed E-state index contributed by atoms with van der Waals surface area (Å²) in [4.78, 5) is 0. The third kappa shape index (κ3) is 1.94. The van der Waals surface area contributed by atoms with Crippen molar-refractivity contribution in [2.75, 3.05) is 13.2 Å². The van der Waals surface area contributed by atoms with E-state index in [1.807, 2.05) is 0 Å². The molecular weight excluding hydrogens is 132 g/mol. The molecule has 10 heavy (non-hydrogen) atoms. The van der Waals surface area contributed by atoms with Crippen molar-refractivity contribution in [1.29, 1.82) is 0 Å². The van der Waals surface area contributed by atoms with E-state index >= 15 is 0 Å². The fourth-order valence-corrected chi connectivity index (χ4v) is 1.27. The van der Waals surface area contributed by atoms with Crippen molar-refractivity contribution in [3.05, 3.63) is 0 Å². The van der Waals surface area contributed by atoms with Crippen LogP contribution in [-0.4, -0.2) is 35.6 Å². The molecule has 0 saturated carbocycles. The highest BCUT2D eigenvalue weighted by atomic mass is 16.5. The molecule has 1 saturated heterocycles. The molecule has 0 radical (unpaired) electrons. The Balaban J connectivity index is 2.15. The summed E-state index contributed by atoms with van der Waals surface area (Å²) in [6, 6.07) is 0. The lowest BCUT2D eigenvalue weighted by Gasteiger charge is -2.09. The quantitative estimate of drug-likeness (QED) is 0.585. The lowest BCUT2D eigenvalue weighted by molar-refractivity contribution is 0.00234. The molecule has 3 heteroatoms. The van der Waals surface area contributed by atoms with Crippen LogP contribution in [0.25, 0.3) is 0 Å². The lowest BCUT2D eigenvalue weighted by Crippen LogP contribution is -2.15. The van der Waals surface area contributed by atoms with Crippen LogP contribution in [0.15, 0.2) is 0 Å². The molecule has 0 unspecified atom stereocenters. The van der Waals surface area contributed by atoms with E-state index in [1.165, 1.54) is 0 Å². The van der Waals surface area contributed by atoms with Gasteiger partial charge in [0.1, 0.15) is 0 Å². The molecule has 0 aromatic heterocycles. The second kappa shape index (κ2) is 3.91. The fourth-order valence-electron chi connectivity index (χ4n) is 1.27. The van der Waals surface area contributed by atoms with Crippen LogP contribution < -0.4 is 0 Å². The van der Waals surface area contributed by atoms with Gasteiger partial charge in [-0.1, -0.05) is 0 Å². The van der Waals surface area contributed by atoms with Crippen LogP contribution in [-0.2, 0) is 4.74 Å². The first-order valence-electron chi connectivity index (χ1n) is 3.74. The predicted molar refractivity (Wildman–Crippen MR) is 36.7 cm³/mol. The van der Waals surface area contributed by atoms with Gasteiger partial charge in [0.15, 0.2) is 0 Å². The second-order valence-corrected chi connectivity index (χ2v) is 2.65. The van der Waals surface area contributed by atoms with Crippen molar-refractivity contribution in [3.63, 3.8) is 0 Å². The summed E-state index contributed by atoms with van der Waals surface area (Å²) in [7, 11) is 0. The first-order valence-corrected chi connectivity index (χ1v) is 3.74. The first kappa shape index (κ1) is 7.98. The van der Waals surface area contributed by atoms with Crippen LogP contribution in [0.4, 0.5) is 0 Å². The predicted octanol–water partition coefficient (Wildman–Crippen LogP) is -0.0913. The molecule has 60 valence electrons. The molecule has 2 atom stereocenters. The molecule has 0 aromatic carbocycles. The Labute approximate surface area is 60.6 Å². The van der Waals surface area contributed by atoms with Gasteiger partial charge in [0.2, 0.25) is 0 Å². The van der Waals surface area contributed by atoms with Gasteiger partial charge in [0.05, 0.1) is 18.8 Å². The summed E-state index contributed by atoms with van der Waals surface area (Å²) in [5.74, 6) is 0. The van der Waals surface area contributed by atoms with E-state index in [9.17, 15) is 0 Å². The van der Waals surface area contributed by atoms with Gasteiger partial charge in [-0.05, 0) is 19.3 Å². The molecule has 0 spiro atoms. The molecule has 1 aliphatic rings. The highest BCUT2D eigenvalue weighted by Crippen LogP contribution is 2.20. The molecule has 0 amide bonds. The van der Waals surface area contributed by atoms with Gasteiger partial charge in [-0.25, -0.2) is 0 Å². The lowest BCUT2D eigenvalue weighted by atomic mass is 10.1. The number of aliphatic hydroxyl groups is 2. The Morgan fingerprint density at radius 3 is 2.40 bits per heavy atom. The van der Waals surface area contributed by atoms with E-state index in [2.05, 4.69) is 0 Å². The molecule has 1 heterocycles. The standard InChI is InChI=1S/C7H14O3/c8-4-3-6-1-2-7(5-9)10-6/h6-9H,1-5H2/t6-,7-/m0/s1. The normalized spacial score (nSPS) is 33.0. The minimum absolute atomic E-state index is 0.0246. The Morgan fingerprint density at radius 2 is 1.90 bits per heavy atom. The summed E-state index contributed by atoms with van der Waals surface area (Å²) in [6.07, 6.45) is 2.82. The molecule has 3 nitrogen and oxygen atoms in total. The monoisotopic (exact) mass is 146 g/mol. The van der Waals surface area contributed by atoms with E-state index in [0.29, 0.717) is 6.42 Å². The number of aliphatic hydroxyl groups excluding tert-OH is 2. The number of ether oxygens (including phenoxy) is 1. The molecule has 1 rings (SSSR count). The third-order valence-electron chi connectivity index (χ3n) is 1.85. The van der Waals surface area contributed by atoms with Crippen LogP contribution in [0.3, 0.4) is 0 Å². The molecule has 1 fully saturated rings. The van der Waals surface area contributed by atoms with Crippen molar-refractivity contribution in [2.24, 2.45) is 0 Å². The average molecular weight is 146 g/mol. The van der Waals surface area contributed by atoms with Crippen molar-refractivity contribution in [2.45, 2.75) is 31.5 Å². The average Bonchev–Trinajstić information content (AvgIpc) is 2.37. The van der Waals surface area contributed by atoms with E-state index in [0.717, 1.165) is 12.8 Å². The highest BCUT2D eigenvalue weighted by molar-refractivity contribution is 4.72. The van der Waals surface area contributed by atoms with Crippen molar-refractivity contribution >= 4 is 0 Å².